The second kappa shape index (κ2) is 2.99. The molecular weight excluding hydrogens is 181 g/mol. The Hall–Kier alpha value is 0.400. The van der Waals surface area contributed by atoms with Crippen LogP contribution in [-0.2, 0) is 4.79 Å². The van der Waals surface area contributed by atoms with Crippen molar-refractivity contribution in [1.82, 2.24) is 4.90 Å². The lowest BCUT2D eigenvalue weighted by Crippen LogP contribution is -2.33. The van der Waals surface area contributed by atoms with E-state index < -0.39 is 9.57 Å². The van der Waals surface area contributed by atoms with Crippen molar-refractivity contribution in [3.05, 3.63) is 0 Å². The van der Waals surface area contributed by atoms with Crippen LogP contribution in [0, 0.1) is 0 Å². The molecule has 2 nitrogen and oxygen atoms in total. The maximum Gasteiger partial charge on any atom is 0.268 e. The fraction of sp³-hybridized carbons (Fsp3) is 0.750. The van der Waals surface area contributed by atoms with Crippen molar-refractivity contribution in [1.29, 1.82) is 0 Å². The number of halogens is 2. The third kappa shape index (κ3) is 3.18. The highest BCUT2D eigenvalue weighted by molar-refractivity contribution is 7.86. The Bertz CT molecular complexity index is 120. The van der Waals surface area contributed by atoms with Gasteiger partial charge in [-0.2, -0.15) is 0 Å². The van der Waals surface area contributed by atoms with Gasteiger partial charge in [-0.1, -0.05) is 23.2 Å². The van der Waals surface area contributed by atoms with Gasteiger partial charge < -0.3 is 4.90 Å². The molecule has 0 aliphatic heterocycles. The summed E-state index contributed by atoms with van der Waals surface area (Å²) in [5.41, 5.74) is 0. The van der Waals surface area contributed by atoms with E-state index in [1.807, 2.05) is 0 Å². The number of hydrogen-bond donors (Lipinski definition) is 1. The van der Waals surface area contributed by atoms with E-state index in [4.69, 9.17) is 23.2 Å². The van der Waals surface area contributed by atoms with E-state index in [0.29, 0.717) is 0 Å². The topological polar surface area (TPSA) is 20.3 Å². The number of carbonyl (C=O) groups excluding carboxylic acids is 1. The molecular formula is C4H7Cl2NOS. The van der Waals surface area contributed by atoms with Gasteiger partial charge >= 0.3 is 0 Å². The Labute approximate surface area is 69.5 Å². The van der Waals surface area contributed by atoms with Crippen molar-refractivity contribution in [2.75, 3.05) is 14.1 Å². The smallest absolute Gasteiger partial charge is 0.268 e. The summed E-state index contributed by atoms with van der Waals surface area (Å²) in [6, 6.07) is 0. The first-order chi connectivity index (χ1) is 3.85. The summed E-state index contributed by atoms with van der Waals surface area (Å²) < 4.78 is -1.59. The summed E-state index contributed by atoms with van der Waals surface area (Å²) in [7, 11) is 3.11. The normalized spacial score (nSPS) is 11.2. The van der Waals surface area contributed by atoms with Gasteiger partial charge in [-0.3, -0.25) is 4.79 Å². The Morgan fingerprint density at radius 2 is 1.89 bits per heavy atom. The van der Waals surface area contributed by atoms with Gasteiger partial charge in [0, 0.05) is 14.1 Å². The molecule has 0 aromatic heterocycles. The van der Waals surface area contributed by atoms with Gasteiger partial charge in [0.05, 0.1) is 0 Å². The second-order valence-corrected chi connectivity index (χ2v) is 4.27. The maximum absolute atomic E-state index is 10.8. The van der Waals surface area contributed by atoms with Crippen LogP contribution in [-0.4, -0.2) is 28.6 Å². The highest BCUT2D eigenvalue weighted by Crippen LogP contribution is 2.26. The molecule has 0 heterocycles. The van der Waals surface area contributed by atoms with Crippen molar-refractivity contribution in [3.63, 3.8) is 0 Å². The lowest BCUT2D eigenvalue weighted by Gasteiger charge is -2.16. The summed E-state index contributed by atoms with van der Waals surface area (Å²) in [4.78, 5) is 12.0. The fourth-order valence-electron chi connectivity index (χ4n) is 0.269. The molecule has 5 heteroatoms. The number of carbonyl (C=O) groups is 1. The van der Waals surface area contributed by atoms with E-state index in [2.05, 4.69) is 12.6 Å². The van der Waals surface area contributed by atoms with Gasteiger partial charge in [0.2, 0.25) is 3.67 Å². The first-order valence-corrected chi connectivity index (χ1v) is 3.38. The molecule has 0 radical (unpaired) electrons. The van der Waals surface area contributed by atoms with Gasteiger partial charge in [-0.15, -0.1) is 12.6 Å². The summed E-state index contributed by atoms with van der Waals surface area (Å²) in [5, 5.41) is 0. The van der Waals surface area contributed by atoms with Gasteiger partial charge in [-0.25, -0.2) is 0 Å². The average molecular weight is 188 g/mol. The lowest BCUT2D eigenvalue weighted by atomic mass is 10.6. The van der Waals surface area contributed by atoms with Gasteiger partial charge in [-0.05, 0) is 0 Å². The first-order valence-electron chi connectivity index (χ1n) is 2.17. The zero-order chi connectivity index (χ0) is 7.65. The van der Waals surface area contributed by atoms with E-state index in [9.17, 15) is 4.79 Å². The monoisotopic (exact) mass is 187 g/mol. The lowest BCUT2D eigenvalue weighted by molar-refractivity contribution is -0.127. The number of nitrogens with zero attached hydrogens (tertiary/aromatic N) is 1. The fourth-order valence-corrected chi connectivity index (χ4v) is 0.807. The molecule has 54 valence electrons. The molecule has 0 rings (SSSR count). The van der Waals surface area contributed by atoms with E-state index in [1.54, 1.807) is 14.1 Å². The minimum Gasteiger partial charge on any atom is -0.345 e. The second-order valence-electron chi connectivity index (χ2n) is 1.74. The third-order valence-electron chi connectivity index (χ3n) is 0.663. The van der Waals surface area contributed by atoms with Crippen LogP contribution in [0.4, 0.5) is 0 Å². The van der Waals surface area contributed by atoms with Crippen molar-refractivity contribution in [2.24, 2.45) is 0 Å². The molecule has 0 aliphatic rings. The summed E-state index contributed by atoms with van der Waals surface area (Å²) in [6.07, 6.45) is 0. The molecule has 0 saturated carbocycles. The van der Waals surface area contributed by atoms with Gasteiger partial charge in [0.15, 0.2) is 0 Å². The number of hydrogen-bond acceptors (Lipinski definition) is 2. The molecule has 0 N–H and O–H groups in total. The predicted molar refractivity (Wildman–Crippen MR) is 42.1 cm³/mol. The molecule has 0 aliphatic carbocycles. The molecule has 0 fully saturated rings. The Morgan fingerprint density at radius 1 is 1.56 bits per heavy atom. The van der Waals surface area contributed by atoms with Crippen molar-refractivity contribution in [2.45, 2.75) is 3.67 Å². The Kier molecular flexibility index (Phi) is 3.12. The molecule has 0 spiro atoms. The van der Waals surface area contributed by atoms with Crippen LogP contribution in [0.1, 0.15) is 0 Å². The van der Waals surface area contributed by atoms with Crippen LogP contribution in [0.15, 0.2) is 0 Å². The van der Waals surface area contributed by atoms with Crippen LogP contribution in [0.2, 0.25) is 0 Å². The molecule has 0 bridgehead atoms. The summed E-state index contributed by atoms with van der Waals surface area (Å²) in [6.45, 7) is 0. The zero-order valence-corrected chi connectivity index (χ0v) is 7.46. The van der Waals surface area contributed by atoms with Crippen LogP contribution in [0.3, 0.4) is 0 Å². The van der Waals surface area contributed by atoms with E-state index in [-0.39, 0.29) is 0 Å². The van der Waals surface area contributed by atoms with Crippen molar-refractivity contribution < 1.29 is 4.79 Å². The molecule has 0 aromatic carbocycles. The van der Waals surface area contributed by atoms with E-state index >= 15 is 0 Å². The number of amides is 1. The van der Waals surface area contributed by atoms with Gasteiger partial charge in [0.1, 0.15) is 0 Å². The quantitative estimate of drug-likeness (QED) is 0.483. The average Bonchev–Trinajstić information content (AvgIpc) is 1.62. The highest BCUT2D eigenvalue weighted by Gasteiger charge is 2.29. The predicted octanol–water partition coefficient (Wildman–Crippen LogP) is 1.14. The Balaban J connectivity index is 4.06. The number of thiol groups is 1. The zero-order valence-electron chi connectivity index (χ0n) is 5.06. The van der Waals surface area contributed by atoms with Crippen molar-refractivity contribution in [3.8, 4) is 0 Å². The molecule has 9 heavy (non-hydrogen) atoms. The maximum atomic E-state index is 10.8. The minimum absolute atomic E-state index is 0.436. The van der Waals surface area contributed by atoms with E-state index in [0.717, 1.165) is 0 Å². The third-order valence-corrected chi connectivity index (χ3v) is 1.18. The summed E-state index contributed by atoms with van der Waals surface area (Å²) >= 11 is 14.3. The van der Waals surface area contributed by atoms with Crippen LogP contribution < -0.4 is 0 Å². The van der Waals surface area contributed by atoms with Gasteiger partial charge in [0.25, 0.3) is 5.91 Å². The van der Waals surface area contributed by atoms with Crippen LogP contribution in [0.5, 0.6) is 0 Å². The van der Waals surface area contributed by atoms with Crippen molar-refractivity contribution >= 4 is 41.7 Å². The van der Waals surface area contributed by atoms with E-state index in [1.165, 1.54) is 4.90 Å². The highest BCUT2D eigenvalue weighted by atomic mass is 35.5. The SMILES string of the molecule is CN(C)C(=O)C(S)(Cl)Cl. The molecule has 0 aromatic rings. The molecule has 1 amide bonds. The molecule has 0 saturated heterocycles. The number of alkyl halides is 2. The Morgan fingerprint density at radius 3 is 1.89 bits per heavy atom. The standard InChI is InChI=1S/C4H7Cl2NOS/c1-7(2)3(8)4(5,6)9/h9H,1-2H3. The molecule has 0 unspecified atom stereocenters. The minimum atomic E-state index is -1.59. The largest absolute Gasteiger partial charge is 0.345 e. The van der Waals surface area contributed by atoms with Crippen LogP contribution >= 0.6 is 35.8 Å². The summed E-state index contributed by atoms with van der Waals surface area (Å²) in [5.74, 6) is -0.436. The van der Waals surface area contributed by atoms with Crippen LogP contribution in [0.25, 0.3) is 0 Å². The first kappa shape index (κ1) is 9.40. The molecule has 0 atom stereocenters. The number of rotatable bonds is 1.